The minimum Gasteiger partial charge on any atom is -0.462 e. The van der Waals surface area contributed by atoms with E-state index in [0.717, 1.165) is 48.3 Å². The van der Waals surface area contributed by atoms with E-state index in [4.69, 9.17) is 21.2 Å². The van der Waals surface area contributed by atoms with Crippen molar-refractivity contribution in [3.8, 4) is 113 Å². The fraction of sp³-hybridized carbons (Fsp3) is 0.615. The minimum atomic E-state index is -0.119. The van der Waals surface area contributed by atoms with Crippen LogP contribution in [0.25, 0.3) is 0 Å². The average molecular weight is 794 g/mol. The lowest BCUT2D eigenvalue weighted by Crippen LogP contribution is -2.54. The number of nitrogens with zero attached hydrogens (tertiary/aromatic N) is 1. The van der Waals surface area contributed by atoms with Crippen LogP contribution in [0.3, 0.4) is 0 Å². The number of terminal acetylenes is 1. The maximum Gasteiger partial charge on any atom is 0.306 e. The van der Waals surface area contributed by atoms with Crippen molar-refractivity contribution >= 4 is 5.97 Å². The van der Waals surface area contributed by atoms with Crippen LogP contribution in [0.4, 0.5) is 0 Å². The second-order valence-electron chi connectivity index (χ2n) is 17.1. The highest BCUT2D eigenvalue weighted by molar-refractivity contribution is 5.69. The summed E-state index contributed by atoms with van der Waals surface area (Å²) in [6.45, 7) is 13.6. The Hall–Kier alpha value is -5.24. The second kappa shape index (κ2) is 23.1. The summed E-state index contributed by atoms with van der Waals surface area (Å²) >= 11 is 0. The van der Waals surface area contributed by atoms with Gasteiger partial charge in [-0.05, 0) is 211 Å². The van der Waals surface area contributed by atoms with Crippen LogP contribution >= 0.6 is 0 Å². The molecule has 0 spiro atoms. The monoisotopic (exact) mass is 794 g/mol. The van der Waals surface area contributed by atoms with Crippen molar-refractivity contribution < 1.29 is 43.3 Å². The van der Waals surface area contributed by atoms with Crippen molar-refractivity contribution in [3.05, 3.63) is 0 Å². The molecule has 0 aromatic carbocycles. The van der Waals surface area contributed by atoms with E-state index in [0.29, 0.717) is 42.8 Å². The quantitative estimate of drug-likeness (QED) is 0.0724. The molecule has 5 aliphatic rings. The number of carbonyl (C=O) groups is 1. The number of hydrogen-bond donors (Lipinski definition) is 0. The summed E-state index contributed by atoms with van der Waals surface area (Å²) in [5.41, 5.74) is 0.984. The summed E-state index contributed by atoms with van der Waals surface area (Å²) < 4.78 is 15.5. The third kappa shape index (κ3) is 13.7. The molecule has 1 heterocycles. The largest absolute Gasteiger partial charge is 0.462 e. The van der Waals surface area contributed by atoms with E-state index < -0.39 is 0 Å². The molecule has 0 amide bonds. The van der Waals surface area contributed by atoms with Gasteiger partial charge in [0.2, 0.25) is 0 Å². The van der Waals surface area contributed by atoms with Crippen LogP contribution in [0.5, 0.6) is 0 Å². The first-order valence-corrected chi connectivity index (χ1v) is 20.9. The third-order valence-electron chi connectivity index (χ3n) is 13.3. The predicted octanol–water partition coefficient (Wildman–Crippen LogP) is 12.5. The van der Waals surface area contributed by atoms with E-state index in [2.05, 4.69) is 140 Å². The smallest absolute Gasteiger partial charge is 0.306 e. The molecule has 57 heavy (non-hydrogen) atoms. The van der Waals surface area contributed by atoms with Gasteiger partial charge in [-0.15, -0.1) is 6.42 Å². The molecule has 5 nitrogen and oxygen atoms in total. The van der Waals surface area contributed by atoms with Crippen molar-refractivity contribution in [3.63, 3.8) is 0 Å². The van der Waals surface area contributed by atoms with Crippen molar-refractivity contribution in [2.24, 2.45) is 52.3 Å². The molecule has 5 rings (SSSR count). The highest BCUT2D eigenvalue weighted by Crippen LogP contribution is 2.68. The SMILES string of the molecule is C#CC#CC#CC#CC#CC#CC#CC#CC#CC1CO1.CC(C)CCCC(C)C1CCC2C3CCC4CC(OC(=O)CCCOC#N)CCC4(C)C3CCC12C.[HH].[HH].[HH].[HH].[HH].[HH].[HH].[HH].[HH].[HH].[HH].[HH].[HH].[HH].[HH].[HH].[HH]. The fourth-order valence-corrected chi connectivity index (χ4v) is 10.6. The van der Waals surface area contributed by atoms with E-state index in [9.17, 15) is 4.79 Å². The standard InChI is InChI=1S/C32H53NO3.C20H4O.17H2/c1-22(2)8-6-9-23(3)27-13-14-28-26-12-11-24-20-25(36-30(34)10-7-19-35-21-33)15-17-31(24,4)29(26)16-18-32(27,28)5;1-2-3-4-5-6-7-8-9-10-11-12-13-14-15-16-17-18-20-19-21-20;;;;;;;;;;;;;;;;;/h22-29H,6-20H2,1-5H3;1,20H,19H2;17*1H. The van der Waals surface area contributed by atoms with Gasteiger partial charge >= 0.3 is 5.97 Å². The molecule has 0 N–H and O–H groups in total. The summed E-state index contributed by atoms with van der Waals surface area (Å²) in [6.07, 6.45) is 23.6. The molecule has 10 atom stereocenters. The van der Waals surface area contributed by atoms with E-state index in [1.807, 2.05) is 0 Å². The fourth-order valence-electron chi connectivity index (χ4n) is 10.6. The van der Waals surface area contributed by atoms with Crippen LogP contribution < -0.4 is 0 Å². The van der Waals surface area contributed by atoms with E-state index in [1.54, 1.807) is 6.26 Å². The zero-order chi connectivity index (χ0) is 40.9. The molecule has 4 saturated carbocycles. The molecule has 10 unspecified atom stereocenters. The molecule has 328 valence electrons. The van der Waals surface area contributed by atoms with Gasteiger partial charge < -0.3 is 14.2 Å². The second-order valence-corrected chi connectivity index (χ2v) is 17.1. The molecule has 5 fully saturated rings. The Morgan fingerprint density at radius 3 is 1.96 bits per heavy atom. The molecular formula is C52H91NO4. The maximum atomic E-state index is 12.3. The van der Waals surface area contributed by atoms with Gasteiger partial charge in [0, 0.05) is 30.7 Å². The van der Waals surface area contributed by atoms with Gasteiger partial charge in [0.25, 0.3) is 6.26 Å². The van der Waals surface area contributed by atoms with Gasteiger partial charge in [0.15, 0.2) is 0 Å². The Morgan fingerprint density at radius 1 is 0.772 bits per heavy atom. The Bertz CT molecular complexity index is 2080. The Labute approximate surface area is 369 Å². The summed E-state index contributed by atoms with van der Waals surface area (Å²) in [7, 11) is 0. The van der Waals surface area contributed by atoms with Crippen molar-refractivity contribution in [1.29, 1.82) is 5.26 Å². The topological polar surface area (TPSA) is 71.8 Å². The maximum absolute atomic E-state index is 12.3. The van der Waals surface area contributed by atoms with E-state index >= 15 is 0 Å². The normalized spacial score (nSPS) is 29.5. The lowest BCUT2D eigenvalue weighted by molar-refractivity contribution is -0.163. The van der Waals surface area contributed by atoms with Crippen molar-refractivity contribution in [2.45, 2.75) is 137 Å². The summed E-state index contributed by atoms with van der Waals surface area (Å²) in [4.78, 5) is 12.3. The van der Waals surface area contributed by atoms with Crippen LogP contribution in [-0.4, -0.2) is 31.4 Å². The first-order valence-electron chi connectivity index (χ1n) is 20.9. The molecule has 0 aromatic rings. The van der Waals surface area contributed by atoms with Crippen LogP contribution in [0.1, 0.15) is 149 Å². The van der Waals surface area contributed by atoms with Crippen molar-refractivity contribution in [1.82, 2.24) is 0 Å². The molecular weight excluding hydrogens is 703 g/mol. The summed E-state index contributed by atoms with van der Waals surface area (Å²) in [6, 6.07) is 0. The van der Waals surface area contributed by atoms with E-state index in [-0.39, 0.29) is 42.4 Å². The zero-order valence-electron chi connectivity index (χ0n) is 34.7. The number of nitriles is 1. The summed E-state index contributed by atoms with van der Waals surface area (Å²) in [5.74, 6) is 48.2. The third-order valence-corrected chi connectivity index (χ3v) is 13.3. The van der Waals surface area contributed by atoms with Crippen LogP contribution in [-0.2, 0) is 19.0 Å². The molecule has 0 aromatic heterocycles. The number of ether oxygens (including phenoxy) is 3. The number of carbonyl (C=O) groups excluding carboxylic acids is 1. The van der Waals surface area contributed by atoms with Gasteiger partial charge in [-0.2, -0.15) is 5.26 Å². The number of esters is 1. The van der Waals surface area contributed by atoms with Gasteiger partial charge in [-0.25, -0.2) is 0 Å². The van der Waals surface area contributed by atoms with Gasteiger partial charge in [-0.1, -0.05) is 59.8 Å². The number of rotatable bonds is 10. The van der Waals surface area contributed by atoms with Gasteiger partial charge in [-0.3, -0.25) is 4.79 Å². The number of fused-ring (bicyclic) bond motifs is 5. The Kier molecular flexibility index (Phi) is 18.0. The lowest BCUT2D eigenvalue weighted by Gasteiger charge is -2.61. The van der Waals surface area contributed by atoms with Crippen LogP contribution in [0, 0.1) is 171 Å². The predicted molar refractivity (Wildman–Crippen MR) is 260 cm³/mol. The molecule has 1 saturated heterocycles. The first kappa shape index (κ1) is 44.5. The van der Waals surface area contributed by atoms with Crippen LogP contribution in [0.15, 0.2) is 0 Å². The average Bonchev–Trinajstić information content (AvgIpc) is 3.95. The molecule has 4 aliphatic carbocycles. The number of hydrogen-bond acceptors (Lipinski definition) is 5. The first-order chi connectivity index (χ1) is 27.6. The molecule has 5 heteroatoms. The van der Waals surface area contributed by atoms with Crippen molar-refractivity contribution in [2.75, 3.05) is 13.2 Å². The highest BCUT2D eigenvalue weighted by Gasteiger charge is 2.60. The Morgan fingerprint density at radius 2 is 1.37 bits per heavy atom. The van der Waals surface area contributed by atoms with Gasteiger partial charge in [0.05, 0.1) is 6.61 Å². The lowest BCUT2D eigenvalue weighted by atomic mass is 9.44. The number of epoxide rings is 1. The molecule has 0 radical (unpaired) electrons. The van der Waals surface area contributed by atoms with E-state index in [1.165, 1.54) is 64.2 Å². The zero-order valence-corrected chi connectivity index (χ0v) is 34.7. The van der Waals surface area contributed by atoms with Crippen LogP contribution in [0.2, 0.25) is 0 Å². The molecule has 0 bridgehead atoms. The minimum absolute atomic E-state index is 0. The highest BCUT2D eigenvalue weighted by atomic mass is 16.6. The Balaban J connectivity index is -0.0000000711. The summed E-state index contributed by atoms with van der Waals surface area (Å²) in [5, 5.41) is 8.47. The molecule has 1 aliphatic heterocycles. The van der Waals surface area contributed by atoms with Gasteiger partial charge in [0.1, 0.15) is 18.8 Å².